The van der Waals surface area contributed by atoms with E-state index >= 15 is 0 Å². The normalized spacial score (nSPS) is 12.6. The quantitative estimate of drug-likeness (QED) is 0.418. The van der Waals surface area contributed by atoms with Crippen molar-refractivity contribution in [1.82, 2.24) is 25.3 Å². The van der Waals surface area contributed by atoms with Gasteiger partial charge in [0.15, 0.2) is 0 Å². The van der Waals surface area contributed by atoms with E-state index < -0.39 is 5.97 Å². The van der Waals surface area contributed by atoms with Gasteiger partial charge in [-0.25, -0.2) is 9.48 Å². The highest BCUT2D eigenvalue weighted by molar-refractivity contribution is 6.08. The fourth-order valence-corrected chi connectivity index (χ4v) is 2.87. The molecule has 2 aromatic heterocycles. The van der Waals surface area contributed by atoms with Crippen LogP contribution in [0.1, 0.15) is 36.8 Å². The van der Waals surface area contributed by atoms with Gasteiger partial charge in [0, 0.05) is 18.6 Å². The van der Waals surface area contributed by atoms with Crippen LogP contribution in [0.4, 0.5) is 0 Å². The smallest absolute Gasteiger partial charge is 0.338 e. The van der Waals surface area contributed by atoms with Crippen LogP contribution in [0.5, 0.6) is 5.75 Å². The van der Waals surface area contributed by atoms with Crippen LogP contribution in [-0.2, 0) is 0 Å². The number of fused-ring (bicyclic) bond motifs is 1. The Labute approximate surface area is 168 Å². The monoisotopic (exact) mass is 396 g/mol. The van der Waals surface area contributed by atoms with Gasteiger partial charge in [0.2, 0.25) is 0 Å². The first-order chi connectivity index (χ1) is 13.9. The molecule has 0 bridgehead atoms. The lowest BCUT2D eigenvalue weighted by molar-refractivity contribution is 0.0697. The van der Waals surface area contributed by atoms with Crippen LogP contribution in [0.3, 0.4) is 0 Å². The third kappa shape index (κ3) is 4.45. The number of carboxylic acid groups (broad SMARTS) is 1. The van der Waals surface area contributed by atoms with Gasteiger partial charge >= 0.3 is 5.97 Å². The van der Waals surface area contributed by atoms with Crippen molar-refractivity contribution in [2.75, 3.05) is 13.6 Å². The summed E-state index contributed by atoms with van der Waals surface area (Å²) < 4.78 is 7.31. The summed E-state index contributed by atoms with van der Waals surface area (Å²) in [5.41, 5.74) is 2.47. The highest BCUT2D eigenvalue weighted by Crippen LogP contribution is 2.23. The first-order valence-electron chi connectivity index (χ1n) is 9.22. The Balaban J connectivity index is 1.81. The molecule has 0 unspecified atom stereocenters. The number of hydrogen-bond acceptors (Lipinski definition) is 5. The third-order valence-corrected chi connectivity index (χ3v) is 4.25. The number of aliphatic imine (C=N–C) groups is 1. The van der Waals surface area contributed by atoms with Crippen LogP contribution < -0.4 is 10.1 Å². The van der Waals surface area contributed by atoms with E-state index in [4.69, 9.17) is 9.84 Å². The molecule has 9 heteroatoms. The molecule has 0 saturated carbocycles. The molecule has 0 saturated heterocycles. The summed E-state index contributed by atoms with van der Waals surface area (Å²) in [6.45, 7) is 6.21. The van der Waals surface area contributed by atoms with Crippen molar-refractivity contribution >= 4 is 28.4 Å². The van der Waals surface area contributed by atoms with Crippen molar-refractivity contribution in [2.45, 2.75) is 26.9 Å². The Morgan fingerprint density at radius 3 is 2.86 bits per heavy atom. The van der Waals surface area contributed by atoms with Crippen LogP contribution in [0, 0.1) is 0 Å². The van der Waals surface area contributed by atoms with Gasteiger partial charge in [0.25, 0.3) is 0 Å². The van der Waals surface area contributed by atoms with E-state index in [1.807, 2.05) is 45.0 Å². The molecule has 3 rings (SSSR count). The number of nitrogens with zero attached hydrogens (tertiary/aromatic N) is 4. The average Bonchev–Trinajstić information content (AvgIpc) is 3.32. The number of H-pyrrole nitrogens is 1. The standard InChI is InChI=1S/C20H24N6O3/c1-5-14(26-11-13(9-23-26)20(27)28)10-22-19(21-4)18-16-8-15(29-12(2)3)6-7-17(16)24-25-18/h5-9,11-12H,10H2,1-4H3,(H,21,22)(H,24,25)(H,27,28)/b14-5+. The first kappa shape index (κ1) is 20.1. The molecule has 0 spiro atoms. The second-order valence-corrected chi connectivity index (χ2v) is 6.63. The predicted molar refractivity (Wildman–Crippen MR) is 111 cm³/mol. The van der Waals surface area contributed by atoms with Gasteiger partial charge in [0.05, 0.1) is 35.6 Å². The lowest BCUT2D eigenvalue weighted by Gasteiger charge is -2.12. The number of ether oxygens (including phenoxy) is 1. The first-order valence-corrected chi connectivity index (χ1v) is 9.22. The molecule has 152 valence electrons. The van der Waals surface area contributed by atoms with Crippen molar-refractivity contribution in [3.63, 3.8) is 0 Å². The zero-order valence-corrected chi connectivity index (χ0v) is 16.8. The fraction of sp³-hybridized carbons (Fsp3) is 0.300. The van der Waals surface area contributed by atoms with Crippen LogP contribution in [0.2, 0.25) is 0 Å². The van der Waals surface area contributed by atoms with E-state index in [-0.39, 0.29) is 11.7 Å². The molecular formula is C20H24N6O3. The van der Waals surface area contributed by atoms with Crippen molar-refractivity contribution in [1.29, 1.82) is 0 Å². The van der Waals surface area contributed by atoms with Crippen molar-refractivity contribution in [3.05, 3.63) is 47.9 Å². The second-order valence-electron chi connectivity index (χ2n) is 6.63. The molecule has 0 fully saturated rings. The molecule has 0 aliphatic rings. The summed E-state index contributed by atoms with van der Waals surface area (Å²) in [4.78, 5) is 15.4. The lowest BCUT2D eigenvalue weighted by atomic mass is 10.2. The lowest BCUT2D eigenvalue weighted by Crippen LogP contribution is -2.28. The summed E-state index contributed by atoms with van der Waals surface area (Å²) in [5, 5.41) is 24.8. The molecule has 3 aromatic rings. The van der Waals surface area contributed by atoms with Crippen LogP contribution in [-0.4, -0.2) is 56.6 Å². The van der Waals surface area contributed by atoms with Gasteiger partial charge < -0.3 is 15.2 Å². The SMILES string of the molecule is C/C=C(\CNC(=NC)c1n[nH]c2ccc(OC(C)C)cc12)n1cc(C(=O)O)cn1. The molecule has 0 atom stereocenters. The maximum absolute atomic E-state index is 11.1. The molecule has 29 heavy (non-hydrogen) atoms. The van der Waals surface area contributed by atoms with Crippen LogP contribution in [0.15, 0.2) is 41.7 Å². The van der Waals surface area contributed by atoms with Gasteiger partial charge in [-0.3, -0.25) is 10.1 Å². The largest absolute Gasteiger partial charge is 0.491 e. The molecular weight excluding hydrogens is 372 g/mol. The average molecular weight is 396 g/mol. The maximum Gasteiger partial charge on any atom is 0.338 e. The summed E-state index contributed by atoms with van der Waals surface area (Å²) >= 11 is 0. The molecule has 0 radical (unpaired) electrons. The number of carbonyl (C=O) groups is 1. The minimum atomic E-state index is -1.02. The van der Waals surface area contributed by atoms with Crippen molar-refractivity contribution in [3.8, 4) is 5.75 Å². The summed E-state index contributed by atoms with van der Waals surface area (Å²) in [6.07, 6.45) is 4.72. The van der Waals surface area contributed by atoms with E-state index in [1.54, 1.807) is 7.05 Å². The Hall–Kier alpha value is -3.62. The van der Waals surface area contributed by atoms with E-state index in [2.05, 4.69) is 25.6 Å². The fourth-order valence-electron chi connectivity index (χ4n) is 2.87. The Morgan fingerprint density at radius 2 is 2.24 bits per heavy atom. The van der Waals surface area contributed by atoms with Crippen LogP contribution in [0.25, 0.3) is 16.6 Å². The van der Waals surface area contributed by atoms with Crippen LogP contribution >= 0.6 is 0 Å². The summed E-state index contributed by atoms with van der Waals surface area (Å²) in [6, 6.07) is 5.76. The van der Waals surface area contributed by atoms with Gasteiger partial charge in [-0.05, 0) is 39.0 Å². The van der Waals surface area contributed by atoms with Crippen molar-refractivity contribution < 1.29 is 14.6 Å². The topological polar surface area (TPSA) is 117 Å². The van der Waals surface area contributed by atoms with Gasteiger partial charge in [-0.1, -0.05) is 6.08 Å². The van der Waals surface area contributed by atoms with Gasteiger partial charge in [-0.2, -0.15) is 10.2 Å². The summed E-state index contributed by atoms with van der Waals surface area (Å²) in [7, 11) is 1.68. The number of aromatic amines is 1. The zero-order chi connectivity index (χ0) is 21.0. The Kier molecular flexibility index (Phi) is 5.96. The minimum absolute atomic E-state index is 0.0715. The molecule has 0 aliphatic heterocycles. The highest BCUT2D eigenvalue weighted by atomic mass is 16.5. The predicted octanol–water partition coefficient (Wildman–Crippen LogP) is 2.77. The number of rotatable bonds is 7. The molecule has 2 heterocycles. The Morgan fingerprint density at radius 1 is 1.45 bits per heavy atom. The number of allylic oxidation sites excluding steroid dienone is 1. The molecule has 0 amide bonds. The minimum Gasteiger partial charge on any atom is -0.491 e. The second kappa shape index (κ2) is 8.59. The maximum atomic E-state index is 11.1. The molecule has 9 nitrogen and oxygen atoms in total. The molecule has 1 aromatic carbocycles. The number of nitrogens with one attached hydrogen (secondary N) is 2. The van der Waals surface area contributed by atoms with E-state index in [0.717, 1.165) is 22.3 Å². The zero-order valence-electron chi connectivity index (χ0n) is 16.8. The number of hydrogen-bond donors (Lipinski definition) is 3. The number of aromatic carboxylic acids is 1. The number of benzene rings is 1. The number of carboxylic acids is 1. The van der Waals surface area contributed by atoms with E-state index in [0.29, 0.717) is 18.1 Å². The van der Waals surface area contributed by atoms with E-state index in [1.165, 1.54) is 17.1 Å². The van der Waals surface area contributed by atoms with Gasteiger partial charge in [-0.15, -0.1) is 0 Å². The number of amidine groups is 1. The molecule has 0 aliphatic carbocycles. The Bertz CT molecular complexity index is 1080. The number of aromatic nitrogens is 4. The van der Waals surface area contributed by atoms with E-state index in [9.17, 15) is 4.79 Å². The highest BCUT2D eigenvalue weighted by Gasteiger charge is 2.15. The van der Waals surface area contributed by atoms with Crippen molar-refractivity contribution in [2.24, 2.45) is 4.99 Å². The molecule has 3 N–H and O–H groups in total. The van der Waals surface area contributed by atoms with Gasteiger partial charge in [0.1, 0.15) is 17.3 Å². The third-order valence-electron chi connectivity index (χ3n) is 4.25. The summed E-state index contributed by atoms with van der Waals surface area (Å²) in [5.74, 6) is 0.346.